The second-order valence-electron chi connectivity index (χ2n) is 19.3. The Bertz CT molecular complexity index is 3970. The van der Waals surface area contributed by atoms with Gasteiger partial charge in [-0.2, -0.15) is 9.97 Å². The number of aryl methyl sites for hydroxylation is 1. The Balaban J connectivity index is 0.865. The van der Waals surface area contributed by atoms with Crippen molar-refractivity contribution in [1.29, 1.82) is 0 Å². The van der Waals surface area contributed by atoms with Gasteiger partial charge >= 0.3 is 42.7 Å². The minimum absolute atomic E-state index is 0.0114. The number of aliphatic hydroxyl groups excluding tert-OH is 4. The van der Waals surface area contributed by atoms with Gasteiger partial charge in [0.2, 0.25) is 5.95 Å². The molecule has 4 aliphatic heterocycles. The number of phosphoric ester groups is 4. The van der Waals surface area contributed by atoms with Gasteiger partial charge < -0.3 is 81.0 Å². The average Bonchev–Trinajstić information content (AvgIpc) is 1.90. The number of imidazole rings is 2. The summed E-state index contributed by atoms with van der Waals surface area (Å²) in [4.78, 5) is 130. The summed E-state index contributed by atoms with van der Waals surface area (Å²) in [6.45, 7) is -3.22. The molecule has 0 saturated carbocycles. The first-order chi connectivity index (χ1) is 40.4. The fourth-order valence-corrected chi connectivity index (χ4v) is 12.7. The van der Waals surface area contributed by atoms with E-state index in [-0.39, 0.29) is 39.5 Å². The highest BCUT2D eigenvalue weighted by molar-refractivity contribution is 7.48. The number of aromatic amines is 2. The minimum atomic E-state index is -5.78. The zero-order chi connectivity index (χ0) is 62.1. The third-order valence-electron chi connectivity index (χ3n) is 13.5. The van der Waals surface area contributed by atoms with E-state index >= 15 is 0 Å². The Morgan fingerprint density at radius 2 is 1.15 bits per heavy atom. The molecule has 6 aromatic heterocycles. The van der Waals surface area contributed by atoms with Crippen molar-refractivity contribution in [3.8, 4) is 0 Å². The van der Waals surface area contributed by atoms with Gasteiger partial charge in [-0.1, -0.05) is 0 Å². The number of aromatic nitrogens is 12. The standard InChI is InChI=1S/C39H51N15O28P4/c1-13-5-52(39(62)50-32(13)59)20-4-14(15(76-20)6-72-83(63,64)65)80-84(66,67)74-8-18-28(26(58)36(79-18)54-12-46-22-31(54)48-37(42)49-33(22)60)82-86(70,71)75-9-17-27(25(57)35(78-17)51-3-2-19(40)47-38(51)61)81-85(68,69)73-7-16-23(55)24(56)34(77-16)53-11-45-21-29(41)43-10-44-30(21)53/h2-3,5,10-12,14-18,20,23-28,34-36,55-58H,4,6-9H2,1H3,(H,66,67)(H,68,69)(H,70,71)(H2,40,47,61)(H2,41,43,44)(H,50,59,62)(H2,63,64,65)(H3,42,48,49,60)/t14-,15+,16+,17+,18+,20+,23+,24+,25+,26+,27+,28+,34+,35+,36+/m0/s1. The van der Waals surface area contributed by atoms with Gasteiger partial charge in [-0.15, -0.1) is 0 Å². The molecule has 6 aromatic rings. The zero-order valence-corrected chi connectivity index (χ0v) is 47.0. The smallest absolute Gasteiger partial charge is 0.387 e. The third kappa shape index (κ3) is 13.4. The van der Waals surface area contributed by atoms with Crippen LogP contribution in [-0.4, -0.2) is 197 Å². The van der Waals surface area contributed by atoms with Crippen LogP contribution in [0.5, 0.6) is 0 Å². The molecule has 10 rings (SSSR count). The number of rotatable bonds is 22. The van der Waals surface area contributed by atoms with Gasteiger partial charge in [-0.25, -0.2) is 47.8 Å². The molecule has 0 aliphatic carbocycles. The van der Waals surface area contributed by atoms with Crippen LogP contribution in [0.25, 0.3) is 22.3 Å². The van der Waals surface area contributed by atoms with Crippen LogP contribution < -0.4 is 39.7 Å². The SMILES string of the molecule is Cc1cn([C@H]2C[C@H](OP(=O)(O)OC[C@H]3O[C@@H](n4cnc5c(=O)[nH]c(N)nc54)[C@H](O)[C@@H]3OP(=O)(O)OC[C@H]3O[C@@H](n4ccc(N)nc4=O)[C@H](O)[C@@H]3OP(=O)(O)OC[C@H]3O[C@@H](n4cnc5c(N)ncnc54)[C@H](O)[C@@H]3O)[C@@H](COP(=O)(O)O)O2)c(=O)[nH]c1=O. The first-order valence-corrected chi connectivity index (χ1v) is 30.7. The maximum atomic E-state index is 14.1. The van der Waals surface area contributed by atoms with Crippen LogP contribution in [0.3, 0.4) is 0 Å². The summed E-state index contributed by atoms with van der Waals surface area (Å²) in [7, 11) is -22.1. The topological polar surface area (TPSA) is 627 Å². The molecule has 86 heavy (non-hydrogen) atoms. The largest absolute Gasteiger partial charge is 0.472 e. The van der Waals surface area contributed by atoms with E-state index in [9.17, 15) is 82.3 Å². The van der Waals surface area contributed by atoms with Crippen LogP contribution >= 0.6 is 31.3 Å². The number of nitrogen functional groups attached to an aromatic ring is 3. The number of nitrogens with two attached hydrogens (primary N) is 3. The number of nitrogens with one attached hydrogen (secondary N) is 2. The first kappa shape index (κ1) is 63.0. The van der Waals surface area contributed by atoms with Gasteiger partial charge in [0.05, 0.1) is 39.1 Å². The minimum Gasteiger partial charge on any atom is -0.387 e. The number of aliphatic hydroxyl groups is 4. The Morgan fingerprint density at radius 3 is 1.77 bits per heavy atom. The number of anilines is 3. The van der Waals surface area contributed by atoms with Crippen molar-refractivity contribution in [2.75, 3.05) is 43.6 Å². The summed E-state index contributed by atoms with van der Waals surface area (Å²) in [5.74, 6) is -0.771. The lowest BCUT2D eigenvalue weighted by atomic mass is 10.1. The van der Waals surface area contributed by atoms with Crippen molar-refractivity contribution >= 4 is 71.2 Å². The maximum Gasteiger partial charge on any atom is 0.472 e. The third-order valence-corrected chi connectivity index (χ3v) is 17.0. The summed E-state index contributed by atoms with van der Waals surface area (Å²) in [6.07, 6.45) is -23.1. The molecule has 0 amide bonds. The number of ether oxygens (including phenoxy) is 4. The maximum absolute atomic E-state index is 14.1. The summed E-state index contributed by atoms with van der Waals surface area (Å²) < 4.78 is 116. The van der Waals surface area contributed by atoms with Crippen molar-refractivity contribution in [3.05, 3.63) is 84.7 Å². The van der Waals surface area contributed by atoms with E-state index in [1.807, 2.05) is 4.98 Å². The molecule has 47 heteroatoms. The predicted octanol–water partition coefficient (Wildman–Crippen LogP) is -5.14. The Kier molecular flexibility index (Phi) is 17.7. The fraction of sp³-hybridized carbons (Fsp3) is 0.538. The van der Waals surface area contributed by atoms with Gasteiger partial charge in [-0.3, -0.25) is 69.5 Å². The molecule has 0 aromatic carbocycles. The van der Waals surface area contributed by atoms with Crippen LogP contribution in [0.15, 0.2) is 56.6 Å². The fourth-order valence-electron chi connectivity index (χ4n) is 9.50. The molecule has 18 atom stereocenters. The van der Waals surface area contributed by atoms with E-state index in [0.717, 1.165) is 40.2 Å². The van der Waals surface area contributed by atoms with E-state index in [1.54, 1.807) is 0 Å². The first-order valence-electron chi connectivity index (χ1n) is 24.7. The van der Waals surface area contributed by atoms with Crippen molar-refractivity contribution in [2.45, 2.75) is 105 Å². The summed E-state index contributed by atoms with van der Waals surface area (Å²) in [5.41, 5.74) is 12.9. The lowest BCUT2D eigenvalue weighted by Crippen LogP contribution is -2.38. The normalized spacial score (nSPS) is 30.9. The quantitative estimate of drug-likeness (QED) is 0.0283. The molecule has 4 fully saturated rings. The summed E-state index contributed by atoms with van der Waals surface area (Å²) >= 11 is 0. The lowest BCUT2D eigenvalue weighted by Gasteiger charge is -2.26. The van der Waals surface area contributed by atoms with Crippen LogP contribution in [0.2, 0.25) is 0 Å². The number of phosphoric acid groups is 4. The molecule has 0 radical (unpaired) electrons. The van der Waals surface area contributed by atoms with E-state index in [2.05, 4.69) is 39.4 Å². The highest BCUT2D eigenvalue weighted by Gasteiger charge is 2.54. The highest BCUT2D eigenvalue weighted by atomic mass is 31.2. The summed E-state index contributed by atoms with van der Waals surface area (Å²) in [5, 5.41) is 45.1. The summed E-state index contributed by atoms with van der Waals surface area (Å²) in [6, 6.07) is 1.09. The highest BCUT2D eigenvalue weighted by Crippen LogP contribution is 2.54. The molecule has 4 aliphatic rings. The van der Waals surface area contributed by atoms with Crippen molar-refractivity contribution in [1.82, 2.24) is 58.1 Å². The number of hydrogen-bond donors (Lipinski definition) is 14. The molecular weight excluding hydrogens is 1250 g/mol. The Hall–Kier alpha value is -6.02. The molecule has 43 nitrogen and oxygen atoms in total. The second kappa shape index (κ2) is 24.2. The van der Waals surface area contributed by atoms with E-state index in [0.29, 0.717) is 4.57 Å². The average molecular weight is 1300 g/mol. The van der Waals surface area contributed by atoms with Gasteiger partial charge in [-0.05, 0) is 13.0 Å². The predicted molar refractivity (Wildman–Crippen MR) is 275 cm³/mol. The van der Waals surface area contributed by atoms with E-state index in [4.69, 9.17) is 63.3 Å². The molecule has 10 heterocycles. The van der Waals surface area contributed by atoms with Crippen LogP contribution in [0.1, 0.15) is 36.9 Å². The molecule has 3 unspecified atom stereocenters. The number of H-pyrrole nitrogens is 2. The lowest BCUT2D eigenvalue weighted by molar-refractivity contribution is -0.0645. The second-order valence-corrected chi connectivity index (χ2v) is 24.7. The van der Waals surface area contributed by atoms with Gasteiger partial charge in [0.1, 0.15) is 91.0 Å². The monoisotopic (exact) mass is 1300 g/mol. The molecule has 17 N–H and O–H groups in total. The van der Waals surface area contributed by atoms with Crippen molar-refractivity contribution < 1.29 is 114 Å². The zero-order valence-electron chi connectivity index (χ0n) is 43.4. The van der Waals surface area contributed by atoms with Crippen molar-refractivity contribution in [2.24, 2.45) is 0 Å². The van der Waals surface area contributed by atoms with Gasteiger partial charge in [0, 0.05) is 24.4 Å². The molecular formula is C39H51N15O28P4. The van der Waals surface area contributed by atoms with Gasteiger partial charge in [0.15, 0.2) is 41.3 Å². The van der Waals surface area contributed by atoms with Crippen LogP contribution in [-0.2, 0) is 68.9 Å². The van der Waals surface area contributed by atoms with E-state index < -0.39 is 185 Å². The van der Waals surface area contributed by atoms with Gasteiger partial charge in [0.25, 0.3) is 11.1 Å². The van der Waals surface area contributed by atoms with Crippen LogP contribution in [0.4, 0.5) is 17.6 Å². The van der Waals surface area contributed by atoms with Crippen LogP contribution in [0, 0.1) is 6.92 Å². The number of nitrogens with zero attached hydrogens (tertiary/aromatic N) is 10. The molecule has 470 valence electrons. The Labute approximate surface area is 475 Å². The molecule has 4 saturated heterocycles. The Morgan fingerprint density at radius 1 is 0.605 bits per heavy atom. The van der Waals surface area contributed by atoms with Crippen molar-refractivity contribution in [3.63, 3.8) is 0 Å². The molecule has 0 spiro atoms. The molecule has 0 bridgehead atoms. The number of fused-ring (bicyclic) bond motifs is 2. The van der Waals surface area contributed by atoms with E-state index in [1.165, 1.54) is 17.8 Å². The number of hydrogen-bond acceptors (Lipinski definition) is 32.